The van der Waals surface area contributed by atoms with Gasteiger partial charge in [0.2, 0.25) is 5.95 Å². The van der Waals surface area contributed by atoms with Gasteiger partial charge < -0.3 is 187 Å². The van der Waals surface area contributed by atoms with Gasteiger partial charge in [-0.2, -0.15) is 19.9 Å². The molecule has 0 aromatic carbocycles. The highest BCUT2D eigenvalue weighted by Gasteiger charge is 2.57. The van der Waals surface area contributed by atoms with E-state index in [1.54, 1.807) is 13.8 Å². The first-order valence-corrected chi connectivity index (χ1v) is 54.8. The van der Waals surface area contributed by atoms with Gasteiger partial charge in [0.05, 0.1) is 124 Å². The van der Waals surface area contributed by atoms with Crippen LogP contribution in [0.4, 0.5) is 29.2 Å². The van der Waals surface area contributed by atoms with Crippen molar-refractivity contribution in [2.45, 2.75) is 189 Å². The summed E-state index contributed by atoms with van der Waals surface area (Å²) in [5.41, 5.74) is 25.1. The van der Waals surface area contributed by atoms with E-state index >= 15 is 23.5 Å². The standard InChI is InChI=1S/C76H112N21O40P5S3/c1-11-39-40(22-46(127-39)92-23-35(2)59(77)86-73(92)101)133-140(109,143)125-30-44-51(55(118-18-13-113-7)70(132-44)96-33-84-47-62(80)82-32-83-63(47)96)135-138(105,106)122-28-42-50(56(119-19-14-114-8)71(131-42)97-34-85-48-64(97)89-72(81)90-66(48)100)134-139(107,108)123-29-43-52(57(120-20-15-115-9)68(129-43)93-24-36(3)60(78)87-74(93)102)136-142(111,145)126-31-45-53(58(121-21-16-116-10)69(130-45)94-25-37(4)61(79)88-75(94)103)137-141(110,144)124-27-41-49(98)54(117-17-12-112-6)67(128-41)95-26-38(5)65(99)91-76(95)104/h23-26,32-34,39-46,49-58,67-71,98H,11-22,27-31H2,1-10H3,(H,105,106)(H,107,108)(H,109,143)(H,110,144)(H,111,145)(H2,77,86,101)(H2,78,87,102)(H2,79,88,103)(H2,80,82,83)(H,91,99,104)(H3,81,89,90,100)/p-5/t39-,40-,41-,42-,43-,44-,45-,46-,49+,50+,51+,52+,53+,54?,55?,56?,57?,58?,67-,68-,69-,70-,71-,140?,141?,142?/m1/s1. The van der Waals surface area contributed by atoms with Crippen molar-refractivity contribution in [1.29, 1.82) is 0 Å². The fraction of sp³-hybridized carbons (Fsp3) is 0.658. The van der Waals surface area contributed by atoms with Gasteiger partial charge in [0.25, 0.3) is 26.8 Å². The quantitative estimate of drug-likeness (QED) is 0.0102. The van der Waals surface area contributed by atoms with Crippen LogP contribution in [0.15, 0.2) is 72.5 Å². The number of anilines is 5. The van der Waals surface area contributed by atoms with Gasteiger partial charge in [-0.3, -0.25) is 60.7 Å². The lowest BCUT2D eigenvalue weighted by molar-refractivity contribution is -0.241. The normalized spacial score (nSPS) is 29.2. The summed E-state index contributed by atoms with van der Waals surface area (Å²) in [7, 11) is -5.73. The van der Waals surface area contributed by atoms with Gasteiger partial charge in [-0.1, -0.05) is 30.5 Å². The van der Waals surface area contributed by atoms with Crippen molar-refractivity contribution in [3.05, 3.63) is 129 Å². The number of rotatable bonds is 52. The lowest BCUT2D eigenvalue weighted by atomic mass is 10.1. The van der Waals surface area contributed by atoms with Crippen LogP contribution in [0.1, 0.15) is 79.4 Å². The predicted molar refractivity (Wildman–Crippen MR) is 497 cm³/mol. The third kappa shape index (κ3) is 26.9. The number of nitrogens with one attached hydrogen (secondary N) is 2. The van der Waals surface area contributed by atoms with E-state index in [9.17, 15) is 43.7 Å². The minimum Gasteiger partial charge on any atom is -0.780 e. The van der Waals surface area contributed by atoms with Gasteiger partial charge in [0.1, 0.15) is 141 Å². The number of aliphatic hydroxyl groups is 1. The molecule has 145 heavy (non-hydrogen) atoms. The van der Waals surface area contributed by atoms with Crippen LogP contribution in [0.5, 0.6) is 0 Å². The number of aromatic amines is 2. The smallest absolute Gasteiger partial charge is 0.351 e. The van der Waals surface area contributed by atoms with E-state index < -0.39 is 263 Å². The van der Waals surface area contributed by atoms with E-state index in [1.165, 1.54) is 90.4 Å². The highest BCUT2D eigenvalue weighted by Crippen LogP contribution is 2.57. The highest BCUT2D eigenvalue weighted by atomic mass is 32.7. The number of ether oxygens (including phenoxy) is 16. The van der Waals surface area contributed by atoms with Crippen molar-refractivity contribution in [1.82, 2.24) is 77.2 Å². The zero-order valence-corrected chi connectivity index (χ0v) is 85.7. The van der Waals surface area contributed by atoms with Crippen LogP contribution in [-0.2, 0) is 171 Å². The van der Waals surface area contributed by atoms with Crippen molar-refractivity contribution in [2.75, 3.05) is 163 Å². The van der Waals surface area contributed by atoms with Gasteiger partial charge in [-0.05, 0) is 34.1 Å². The first-order valence-electron chi connectivity index (χ1n) is 44.3. The second-order valence-electron chi connectivity index (χ2n) is 33.2. The van der Waals surface area contributed by atoms with E-state index in [1.807, 2.05) is 0 Å². The first kappa shape index (κ1) is 113. The van der Waals surface area contributed by atoms with Gasteiger partial charge in [0, 0.05) is 89.0 Å². The SMILES string of the molecule is CC[C@H]1O[C@@H](n2cc(C)c(N)nc2=O)C[C@H]1OP([O-])(=S)OC[C@H]1O[C@@H](n2cnc3c(N)ncnc32)C(OCCOC)[C@H]1OP(=O)([O-])OC[C@H]1O[C@@H](n2cnc3c(=O)[nH]c(N)nc32)C(OCCOC)[C@H]1OP(=O)([O-])OC[C@H]1O[C@@H](n2cc(C)c(N)nc2=O)C(OCCOC)[C@H]1OP(=O)([S-])OC[C@H]1O[C@@H](n2cc(C)c(N)nc2=O)C(OCCOC)[C@H]1OP([O-])(=S)OC[C@H]1O[C@@H](n2cc(C)c(=O)[nH]c2=O)C(OCCOC)[C@H]1O. The van der Waals surface area contributed by atoms with E-state index in [2.05, 4.69) is 49.8 Å². The van der Waals surface area contributed by atoms with Crippen molar-refractivity contribution < 1.29 is 159 Å². The maximum atomic E-state index is 15.5. The third-order valence-corrected chi connectivity index (χ3v) is 30.0. The monoisotopic (exact) mass is 2200 g/mol. The van der Waals surface area contributed by atoms with Crippen LogP contribution in [0.2, 0.25) is 0 Å². The molecular formula is C76H107N21O40P5S3-5. The molecule has 0 radical (unpaired) electrons. The molecule has 28 atom stereocenters. The number of nitrogens with zero attached hydrogens (tertiary/aromatic N) is 14. The minimum absolute atomic E-state index is 0.00294. The average Bonchev–Trinajstić information content (AvgIpc) is 1.53. The predicted octanol–water partition coefficient (Wildman–Crippen LogP) is -4.10. The van der Waals surface area contributed by atoms with E-state index in [4.69, 9.17) is 186 Å². The lowest BCUT2D eigenvalue weighted by Crippen LogP contribution is -2.42. The molecule has 10 unspecified atom stereocenters. The Morgan fingerprint density at radius 3 is 1.28 bits per heavy atom. The molecule has 13 N–H and O–H groups in total. The Bertz CT molecular complexity index is 6500. The molecule has 6 aliphatic heterocycles. The van der Waals surface area contributed by atoms with Gasteiger partial charge >= 0.3 is 22.8 Å². The second kappa shape index (κ2) is 48.7. The number of phosphoric acid groups is 2. The Balaban J connectivity index is 0.762. The molecule has 6 saturated heterocycles. The summed E-state index contributed by atoms with van der Waals surface area (Å²) in [5.74, 6) is -1.04. The molecule has 69 heteroatoms. The minimum atomic E-state index is -6.24. The number of aryl methyl sites for hydroxylation is 4. The Morgan fingerprint density at radius 2 is 0.807 bits per heavy atom. The molecule has 0 bridgehead atoms. The lowest BCUT2D eigenvalue weighted by Gasteiger charge is -2.36. The topological polar surface area (TPSA) is 800 Å². The van der Waals surface area contributed by atoms with Gasteiger partial charge in [-0.25, -0.2) is 39.1 Å². The Hall–Kier alpha value is -7.68. The van der Waals surface area contributed by atoms with Crippen LogP contribution in [0.3, 0.4) is 0 Å². The number of aromatic nitrogens is 16. The molecule has 6 fully saturated rings. The van der Waals surface area contributed by atoms with Crippen LogP contribution < -0.4 is 82.1 Å². The van der Waals surface area contributed by atoms with Crippen LogP contribution in [-0.4, -0.2) is 321 Å². The number of fused-ring (bicyclic) bond motifs is 2. The molecule has 0 saturated carbocycles. The number of hydrogen-bond donors (Lipinski definition) is 8. The van der Waals surface area contributed by atoms with Crippen LogP contribution in [0, 0.1) is 27.7 Å². The zero-order valence-electron chi connectivity index (χ0n) is 78.8. The highest BCUT2D eigenvalue weighted by molar-refractivity contribution is 8.32. The molecule has 14 rings (SSSR count). The molecule has 61 nitrogen and oxygen atoms in total. The average molecular weight is 2210 g/mol. The van der Waals surface area contributed by atoms with Crippen LogP contribution in [0.25, 0.3) is 22.3 Å². The molecule has 6 aliphatic rings. The number of nitrogens with two attached hydrogens (primary N) is 5. The maximum Gasteiger partial charge on any atom is 0.351 e. The summed E-state index contributed by atoms with van der Waals surface area (Å²) in [5, 5.41) is 11.8. The summed E-state index contributed by atoms with van der Waals surface area (Å²) in [6.07, 6.45) is -30.2. The number of imidazole rings is 2. The molecule has 0 aliphatic carbocycles. The number of H-pyrrole nitrogens is 2. The molecule has 8 aromatic heterocycles. The maximum absolute atomic E-state index is 15.5. The Kier molecular flexibility index (Phi) is 38.0. The third-order valence-electron chi connectivity index (χ3n) is 23.5. The van der Waals surface area contributed by atoms with Gasteiger partial charge in [-0.15, -0.1) is 0 Å². The fourth-order valence-electron chi connectivity index (χ4n) is 16.4. The van der Waals surface area contributed by atoms with E-state index in [0.717, 1.165) is 37.1 Å². The van der Waals surface area contributed by atoms with Crippen molar-refractivity contribution >= 4 is 123 Å². The fourth-order valence-corrected chi connectivity index (χ4v) is 22.6. The summed E-state index contributed by atoms with van der Waals surface area (Å²) < 4.78 is 207. The molecule has 0 spiro atoms. The molecular weight excluding hydrogens is 2100 g/mol. The molecule has 804 valence electrons. The Labute approximate surface area is 836 Å². The molecule has 8 aromatic rings. The number of nitrogen functional groups attached to an aromatic ring is 5. The summed E-state index contributed by atoms with van der Waals surface area (Å²) >= 11 is 16.7. The number of phosphoric ester groups is 2. The van der Waals surface area contributed by atoms with Crippen LogP contribution >= 0.6 is 35.9 Å². The summed E-state index contributed by atoms with van der Waals surface area (Å²) in [4.78, 5) is 178. The number of hydrogen-bond acceptors (Lipinski definition) is 56. The first-order chi connectivity index (χ1) is 68.9. The molecule has 14 heterocycles. The number of aliphatic hydroxyl groups excluding tert-OH is 1. The van der Waals surface area contributed by atoms with Crippen molar-refractivity contribution in [3.63, 3.8) is 0 Å². The summed E-state index contributed by atoms with van der Waals surface area (Å²) in [6.45, 7) is -15.6. The second-order valence-corrected chi connectivity index (χ2v) is 44.0. The van der Waals surface area contributed by atoms with E-state index in [-0.39, 0.29) is 128 Å². The molecule has 0 amide bonds. The van der Waals surface area contributed by atoms with Crippen molar-refractivity contribution in [3.8, 4) is 0 Å². The van der Waals surface area contributed by atoms with Gasteiger partial charge in [0.15, 0.2) is 60.6 Å². The summed E-state index contributed by atoms with van der Waals surface area (Å²) in [6, 6.07) is 0. The van der Waals surface area contributed by atoms with E-state index in [0.29, 0.717) is 5.56 Å². The zero-order chi connectivity index (χ0) is 105. The van der Waals surface area contributed by atoms with Crippen molar-refractivity contribution in [2.24, 2.45) is 0 Å². The number of methoxy groups -OCH3 is 5. The largest absolute Gasteiger partial charge is 0.780 e. The Morgan fingerprint density at radius 1 is 0.421 bits per heavy atom.